The Labute approximate surface area is 70.3 Å². The van der Waals surface area contributed by atoms with Crippen molar-refractivity contribution in [2.75, 3.05) is 7.11 Å². The molecule has 0 saturated heterocycles. The smallest absolute Gasteiger partial charge is 0.308 e. The molecule has 0 unspecified atom stereocenters. The lowest BCUT2D eigenvalue weighted by molar-refractivity contribution is -0.145. The van der Waals surface area contributed by atoms with Gasteiger partial charge in [0.1, 0.15) is 0 Å². The summed E-state index contributed by atoms with van der Waals surface area (Å²) in [6.07, 6.45) is 2.21. The fourth-order valence-electron chi connectivity index (χ4n) is 1.52. The highest BCUT2D eigenvalue weighted by molar-refractivity contribution is 5.72. The second-order valence-electron chi connectivity index (χ2n) is 2.89. The lowest BCUT2D eigenvalue weighted by atomic mass is 10.1. The summed E-state index contributed by atoms with van der Waals surface area (Å²) in [5.41, 5.74) is 8.15. The topological polar surface area (TPSA) is 75.1 Å². The highest BCUT2D eigenvalue weighted by atomic mass is 16.5. The van der Waals surface area contributed by atoms with Gasteiger partial charge in [0, 0.05) is 11.0 Å². The van der Waals surface area contributed by atoms with Gasteiger partial charge in [-0.25, -0.2) is 0 Å². The van der Waals surface area contributed by atoms with Crippen molar-refractivity contribution in [1.82, 2.24) is 0 Å². The van der Waals surface area contributed by atoms with Crippen LogP contribution in [0.25, 0.3) is 10.4 Å². The molecule has 0 spiro atoms. The van der Waals surface area contributed by atoms with Crippen molar-refractivity contribution in [2.24, 2.45) is 11.0 Å². The van der Waals surface area contributed by atoms with Gasteiger partial charge in [-0.1, -0.05) is 5.11 Å². The fraction of sp³-hybridized carbons (Fsp3) is 0.857. The van der Waals surface area contributed by atoms with E-state index in [1.807, 2.05) is 0 Å². The largest absolute Gasteiger partial charge is 0.469 e. The summed E-state index contributed by atoms with van der Waals surface area (Å²) in [4.78, 5) is 13.7. The molecule has 5 heteroatoms. The van der Waals surface area contributed by atoms with Gasteiger partial charge in [0.05, 0.1) is 13.0 Å². The van der Waals surface area contributed by atoms with Crippen LogP contribution in [0.1, 0.15) is 19.3 Å². The standard InChI is InChI=1S/C7H11N3O2/c1-12-7(11)5-2-3-6(4-5)9-10-8/h5-6H,2-4H2,1H3/t5-,6+/m1/s1. The summed E-state index contributed by atoms with van der Waals surface area (Å²) in [6, 6.07) is -0.0147. The number of hydrogen-bond donors (Lipinski definition) is 0. The van der Waals surface area contributed by atoms with Crippen LogP contribution in [0, 0.1) is 5.92 Å². The number of methoxy groups -OCH3 is 1. The van der Waals surface area contributed by atoms with Crippen LogP contribution in [0.5, 0.6) is 0 Å². The first-order valence-electron chi connectivity index (χ1n) is 3.90. The van der Waals surface area contributed by atoms with Gasteiger partial charge in [-0.3, -0.25) is 4.79 Å². The number of ether oxygens (including phenoxy) is 1. The Hall–Kier alpha value is -1.22. The molecular weight excluding hydrogens is 158 g/mol. The zero-order valence-corrected chi connectivity index (χ0v) is 6.93. The first-order chi connectivity index (χ1) is 5.77. The quantitative estimate of drug-likeness (QED) is 0.272. The lowest BCUT2D eigenvalue weighted by Crippen LogP contribution is -2.13. The minimum atomic E-state index is -0.189. The summed E-state index contributed by atoms with van der Waals surface area (Å²) in [5, 5.41) is 3.56. The maximum atomic E-state index is 11.0. The van der Waals surface area contributed by atoms with E-state index in [2.05, 4.69) is 14.8 Å². The number of carbonyl (C=O) groups is 1. The molecule has 0 aromatic carbocycles. The maximum Gasteiger partial charge on any atom is 0.308 e. The summed E-state index contributed by atoms with van der Waals surface area (Å²) in [5.74, 6) is -0.254. The van der Waals surface area contributed by atoms with Gasteiger partial charge >= 0.3 is 5.97 Å². The van der Waals surface area contributed by atoms with E-state index in [0.717, 1.165) is 12.8 Å². The van der Waals surface area contributed by atoms with Crippen LogP contribution >= 0.6 is 0 Å². The van der Waals surface area contributed by atoms with Crippen molar-refractivity contribution in [3.8, 4) is 0 Å². The molecule has 1 aliphatic rings. The Morgan fingerprint density at radius 2 is 2.42 bits per heavy atom. The minimum Gasteiger partial charge on any atom is -0.469 e. The average molecular weight is 169 g/mol. The van der Waals surface area contributed by atoms with E-state index in [9.17, 15) is 4.79 Å². The number of rotatable bonds is 2. The molecule has 66 valence electrons. The molecule has 0 aromatic heterocycles. The zero-order valence-electron chi connectivity index (χ0n) is 6.93. The van der Waals surface area contributed by atoms with Crippen molar-refractivity contribution in [3.63, 3.8) is 0 Å². The Balaban J connectivity index is 2.45. The first kappa shape index (κ1) is 8.87. The molecule has 0 aromatic rings. The lowest BCUT2D eigenvalue weighted by Gasteiger charge is -2.04. The Bertz CT molecular complexity index is 223. The van der Waals surface area contributed by atoms with Crippen LogP contribution in [0.15, 0.2) is 5.11 Å². The Kier molecular flexibility index (Phi) is 2.94. The molecular formula is C7H11N3O2. The molecule has 0 heterocycles. The summed E-state index contributed by atoms with van der Waals surface area (Å²) >= 11 is 0. The summed E-state index contributed by atoms with van der Waals surface area (Å²) in [6.45, 7) is 0. The third-order valence-corrected chi connectivity index (χ3v) is 2.15. The molecule has 0 radical (unpaired) electrons. The molecule has 0 amide bonds. The Morgan fingerprint density at radius 1 is 1.67 bits per heavy atom. The number of esters is 1. The van der Waals surface area contributed by atoms with Crippen molar-refractivity contribution in [1.29, 1.82) is 0 Å². The first-order valence-corrected chi connectivity index (χ1v) is 3.90. The Morgan fingerprint density at radius 3 is 3.00 bits per heavy atom. The monoisotopic (exact) mass is 169 g/mol. The van der Waals surface area contributed by atoms with Gasteiger partial charge in [0.15, 0.2) is 0 Å². The third-order valence-electron chi connectivity index (χ3n) is 2.15. The van der Waals surface area contributed by atoms with E-state index < -0.39 is 0 Å². The molecule has 0 aliphatic heterocycles. The van der Waals surface area contributed by atoms with Crippen LogP contribution in [0.2, 0.25) is 0 Å². The maximum absolute atomic E-state index is 11.0. The zero-order chi connectivity index (χ0) is 8.97. The molecule has 5 nitrogen and oxygen atoms in total. The van der Waals surface area contributed by atoms with Gasteiger partial charge in [0.2, 0.25) is 0 Å². The predicted octanol–water partition coefficient (Wildman–Crippen LogP) is 1.64. The molecule has 0 N–H and O–H groups in total. The summed E-state index contributed by atoms with van der Waals surface area (Å²) in [7, 11) is 1.38. The van der Waals surface area contributed by atoms with E-state index in [1.165, 1.54) is 7.11 Å². The van der Waals surface area contributed by atoms with Crippen molar-refractivity contribution in [2.45, 2.75) is 25.3 Å². The third kappa shape index (κ3) is 1.89. The van der Waals surface area contributed by atoms with Crippen LogP contribution in [0.3, 0.4) is 0 Å². The number of nitrogens with zero attached hydrogens (tertiary/aromatic N) is 3. The van der Waals surface area contributed by atoms with Gasteiger partial charge < -0.3 is 4.74 Å². The molecule has 0 bridgehead atoms. The second kappa shape index (κ2) is 3.97. The van der Waals surface area contributed by atoms with Crippen LogP contribution < -0.4 is 0 Å². The van der Waals surface area contributed by atoms with Gasteiger partial charge in [0.25, 0.3) is 0 Å². The fourth-order valence-corrected chi connectivity index (χ4v) is 1.52. The SMILES string of the molecule is COC(=O)[C@@H]1CC[C@H](N=[N+]=[N-])C1. The van der Waals surface area contributed by atoms with E-state index >= 15 is 0 Å². The number of hydrogen-bond acceptors (Lipinski definition) is 3. The molecule has 1 saturated carbocycles. The highest BCUT2D eigenvalue weighted by Gasteiger charge is 2.29. The van der Waals surface area contributed by atoms with Crippen molar-refractivity contribution >= 4 is 5.97 Å². The average Bonchev–Trinajstić information content (AvgIpc) is 2.52. The van der Waals surface area contributed by atoms with E-state index in [-0.39, 0.29) is 17.9 Å². The van der Waals surface area contributed by atoms with E-state index in [4.69, 9.17) is 5.53 Å². The van der Waals surface area contributed by atoms with Crippen LogP contribution in [-0.2, 0) is 9.53 Å². The molecule has 1 fully saturated rings. The van der Waals surface area contributed by atoms with E-state index in [1.54, 1.807) is 0 Å². The minimum absolute atomic E-state index is 0.0147. The van der Waals surface area contributed by atoms with Gasteiger partial charge in [-0.2, -0.15) is 0 Å². The molecule has 12 heavy (non-hydrogen) atoms. The van der Waals surface area contributed by atoms with Gasteiger partial charge in [-0.15, -0.1) is 0 Å². The van der Waals surface area contributed by atoms with E-state index in [0.29, 0.717) is 6.42 Å². The normalized spacial score (nSPS) is 27.8. The van der Waals surface area contributed by atoms with Crippen molar-refractivity contribution in [3.05, 3.63) is 10.4 Å². The number of azide groups is 1. The van der Waals surface area contributed by atoms with Gasteiger partial charge in [-0.05, 0) is 24.8 Å². The highest BCUT2D eigenvalue weighted by Crippen LogP contribution is 2.28. The van der Waals surface area contributed by atoms with Crippen LogP contribution in [0.4, 0.5) is 0 Å². The summed E-state index contributed by atoms with van der Waals surface area (Å²) < 4.78 is 4.59. The van der Waals surface area contributed by atoms with Crippen molar-refractivity contribution < 1.29 is 9.53 Å². The predicted molar refractivity (Wildman–Crippen MR) is 42.3 cm³/mol. The molecule has 1 rings (SSSR count). The van der Waals surface area contributed by atoms with Crippen LogP contribution in [-0.4, -0.2) is 19.1 Å². The number of carbonyl (C=O) groups excluding carboxylic acids is 1. The molecule has 1 aliphatic carbocycles. The second-order valence-corrected chi connectivity index (χ2v) is 2.89. The molecule has 2 atom stereocenters.